The van der Waals surface area contributed by atoms with Crippen molar-refractivity contribution in [2.75, 3.05) is 11.4 Å². The van der Waals surface area contributed by atoms with Crippen molar-refractivity contribution in [1.29, 1.82) is 0 Å². The Morgan fingerprint density at radius 1 is 1.10 bits per heavy atom. The van der Waals surface area contributed by atoms with Crippen LogP contribution in [0.2, 0.25) is 0 Å². The highest BCUT2D eigenvalue weighted by molar-refractivity contribution is 9.10. The predicted molar refractivity (Wildman–Crippen MR) is 85.1 cm³/mol. The second kappa shape index (κ2) is 5.41. The molecule has 0 saturated carbocycles. The summed E-state index contributed by atoms with van der Waals surface area (Å²) in [6.45, 7) is 2.75. The molecule has 2 nitrogen and oxygen atoms in total. The Morgan fingerprint density at radius 2 is 1.80 bits per heavy atom. The van der Waals surface area contributed by atoms with Gasteiger partial charge in [-0.25, -0.2) is 0 Å². The van der Waals surface area contributed by atoms with Gasteiger partial charge in [-0.2, -0.15) is 0 Å². The summed E-state index contributed by atoms with van der Waals surface area (Å²) in [5, 5.41) is 0. The van der Waals surface area contributed by atoms with Crippen molar-refractivity contribution in [2.45, 2.75) is 19.3 Å². The number of carbonyl (C=O) groups is 1. The molecule has 0 aliphatic carbocycles. The summed E-state index contributed by atoms with van der Waals surface area (Å²) in [5.74, 6) is 0.170. The lowest BCUT2D eigenvalue weighted by atomic mass is 9.93. The first-order valence-electron chi connectivity index (χ1n) is 6.85. The Bertz CT molecular complexity index is 636. The second-order valence-electron chi connectivity index (χ2n) is 5.02. The first-order chi connectivity index (χ1) is 9.70. The molecule has 2 aromatic carbocycles. The minimum Gasteiger partial charge on any atom is -0.312 e. The molecule has 1 atom stereocenters. The number of para-hydroxylation sites is 1. The summed E-state index contributed by atoms with van der Waals surface area (Å²) in [4.78, 5) is 14.5. The van der Waals surface area contributed by atoms with E-state index in [1.165, 1.54) is 5.56 Å². The zero-order valence-corrected chi connectivity index (χ0v) is 12.9. The molecule has 3 heteroatoms. The number of nitrogens with zero attached hydrogens (tertiary/aromatic N) is 1. The maximum atomic E-state index is 12.6. The Balaban J connectivity index is 1.94. The number of halogens is 1. The molecular weight excluding hydrogens is 314 g/mol. The van der Waals surface area contributed by atoms with E-state index in [1.54, 1.807) is 0 Å². The van der Waals surface area contributed by atoms with E-state index < -0.39 is 0 Å². The first-order valence-corrected chi connectivity index (χ1v) is 7.64. The summed E-state index contributed by atoms with van der Waals surface area (Å²) in [7, 11) is 0. The van der Waals surface area contributed by atoms with Crippen LogP contribution in [0.1, 0.15) is 24.0 Å². The van der Waals surface area contributed by atoms with E-state index >= 15 is 0 Å². The van der Waals surface area contributed by atoms with Crippen molar-refractivity contribution in [2.24, 2.45) is 0 Å². The van der Waals surface area contributed by atoms with Gasteiger partial charge >= 0.3 is 0 Å². The third kappa shape index (κ3) is 2.27. The first kappa shape index (κ1) is 13.4. The molecule has 1 amide bonds. The van der Waals surface area contributed by atoms with Crippen LogP contribution >= 0.6 is 15.9 Å². The second-order valence-corrected chi connectivity index (χ2v) is 5.94. The van der Waals surface area contributed by atoms with Crippen LogP contribution in [0, 0.1) is 0 Å². The minimum absolute atomic E-state index is 0.0488. The Kier molecular flexibility index (Phi) is 3.62. The van der Waals surface area contributed by atoms with Crippen LogP contribution in [0.4, 0.5) is 5.69 Å². The molecule has 0 unspecified atom stereocenters. The SMILES string of the molecule is CCN1C(=O)[C@@H](Cc2ccc(Br)cc2)c2ccccc21. The quantitative estimate of drug-likeness (QED) is 0.828. The molecule has 3 rings (SSSR count). The third-order valence-corrected chi connectivity index (χ3v) is 4.37. The zero-order valence-electron chi connectivity index (χ0n) is 11.3. The molecule has 1 heterocycles. The molecule has 0 bridgehead atoms. The van der Waals surface area contributed by atoms with Crippen molar-refractivity contribution >= 4 is 27.5 Å². The van der Waals surface area contributed by atoms with Crippen molar-refractivity contribution in [3.63, 3.8) is 0 Å². The molecular formula is C17H16BrNO. The van der Waals surface area contributed by atoms with Gasteiger partial charge in [0.15, 0.2) is 0 Å². The van der Waals surface area contributed by atoms with Crippen molar-refractivity contribution in [1.82, 2.24) is 0 Å². The molecule has 2 aromatic rings. The molecule has 1 aliphatic heterocycles. The van der Waals surface area contributed by atoms with E-state index in [9.17, 15) is 4.79 Å². The Labute approximate surface area is 127 Å². The molecule has 0 saturated heterocycles. The van der Waals surface area contributed by atoms with Crippen LogP contribution in [0.25, 0.3) is 0 Å². The Morgan fingerprint density at radius 3 is 2.50 bits per heavy atom. The number of anilines is 1. The highest BCUT2D eigenvalue weighted by atomic mass is 79.9. The van der Waals surface area contributed by atoms with Gasteiger partial charge in [-0.1, -0.05) is 46.3 Å². The molecule has 0 fully saturated rings. The van der Waals surface area contributed by atoms with Crippen LogP contribution < -0.4 is 4.90 Å². The lowest BCUT2D eigenvalue weighted by Crippen LogP contribution is -2.29. The minimum atomic E-state index is -0.0488. The summed E-state index contributed by atoms with van der Waals surface area (Å²) in [6, 6.07) is 16.3. The number of rotatable bonds is 3. The van der Waals surface area contributed by atoms with E-state index in [0.717, 1.165) is 28.7 Å². The van der Waals surface area contributed by atoms with Gasteiger partial charge in [0.25, 0.3) is 0 Å². The van der Waals surface area contributed by atoms with Gasteiger partial charge in [0.05, 0.1) is 5.92 Å². The van der Waals surface area contributed by atoms with Crippen LogP contribution in [-0.2, 0) is 11.2 Å². The van der Waals surface area contributed by atoms with Gasteiger partial charge in [-0.15, -0.1) is 0 Å². The molecule has 20 heavy (non-hydrogen) atoms. The topological polar surface area (TPSA) is 20.3 Å². The predicted octanol–water partition coefficient (Wildman–Crippen LogP) is 4.14. The van der Waals surface area contributed by atoms with Crippen LogP contribution in [0.5, 0.6) is 0 Å². The van der Waals surface area contributed by atoms with Crippen LogP contribution in [0.3, 0.4) is 0 Å². The van der Waals surface area contributed by atoms with Gasteiger partial charge in [-0.05, 0) is 42.7 Å². The molecule has 0 N–H and O–H groups in total. The van der Waals surface area contributed by atoms with Crippen molar-refractivity contribution in [3.8, 4) is 0 Å². The molecule has 0 spiro atoms. The molecule has 0 radical (unpaired) electrons. The van der Waals surface area contributed by atoms with E-state index in [1.807, 2.05) is 42.2 Å². The fourth-order valence-corrected chi connectivity index (χ4v) is 3.11. The Hall–Kier alpha value is -1.61. The maximum Gasteiger partial charge on any atom is 0.234 e. The van der Waals surface area contributed by atoms with Crippen molar-refractivity contribution < 1.29 is 4.79 Å². The van der Waals surface area contributed by atoms with E-state index in [-0.39, 0.29) is 11.8 Å². The molecule has 0 aromatic heterocycles. The number of hydrogen-bond acceptors (Lipinski definition) is 1. The third-order valence-electron chi connectivity index (χ3n) is 3.84. The van der Waals surface area contributed by atoms with E-state index in [4.69, 9.17) is 0 Å². The lowest BCUT2D eigenvalue weighted by Gasteiger charge is -2.15. The van der Waals surface area contributed by atoms with Crippen LogP contribution in [-0.4, -0.2) is 12.5 Å². The van der Waals surface area contributed by atoms with Gasteiger partial charge in [0.2, 0.25) is 5.91 Å². The van der Waals surface area contributed by atoms with Crippen LogP contribution in [0.15, 0.2) is 53.0 Å². The number of carbonyl (C=O) groups excluding carboxylic acids is 1. The average molecular weight is 330 g/mol. The number of benzene rings is 2. The summed E-state index contributed by atoms with van der Waals surface area (Å²) < 4.78 is 1.06. The van der Waals surface area contributed by atoms with Gasteiger partial charge in [0.1, 0.15) is 0 Å². The monoisotopic (exact) mass is 329 g/mol. The summed E-state index contributed by atoms with van der Waals surface area (Å²) >= 11 is 3.44. The summed E-state index contributed by atoms with van der Waals surface area (Å²) in [5.41, 5.74) is 3.42. The van der Waals surface area contributed by atoms with E-state index in [0.29, 0.717) is 0 Å². The average Bonchev–Trinajstić information content (AvgIpc) is 2.74. The molecule has 1 aliphatic rings. The standard InChI is InChI=1S/C17H16BrNO/c1-2-19-16-6-4-3-5-14(16)15(17(19)20)11-12-7-9-13(18)10-8-12/h3-10,15H,2,11H2,1H3/t15-/m0/s1. The highest BCUT2D eigenvalue weighted by Crippen LogP contribution is 2.38. The largest absolute Gasteiger partial charge is 0.312 e. The van der Waals surface area contributed by atoms with Gasteiger partial charge < -0.3 is 4.90 Å². The molecule has 102 valence electrons. The van der Waals surface area contributed by atoms with E-state index in [2.05, 4.69) is 34.1 Å². The number of amides is 1. The van der Waals surface area contributed by atoms with Gasteiger partial charge in [-0.3, -0.25) is 4.79 Å². The number of hydrogen-bond donors (Lipinski definition) is 0. The number of fused-ring (bicyclic) bond motifs is 1. The summed E-state index contributed by atoms with van der Waals surface area (Å²) in [6.07, 6.45) is 0.764. The number of likely N-dealkylation sites (N-methyl/N-ethyl adjacent to an activating group) is 1. The zero-order chi connectivity index (χ0) is 14.1. The smallest absolute Gasteiger partial charge is 0.234 e. The fourth-order valence-electron chi connectivity index (χ4n) is 2.85. The lowest BCUT2D eigenvalue weighted by molar-refractivity contribution is -0.119. The normalized spacial score (nSPS) is 17.4. The maximum absolute atomic E-state index is 12.6. The highest BCUT2D eigenvalue weighted by Gasteiger charge is 2.35. The fraction of sp³-hybridized carbons (Fsp3) is 0.235. The van der Waals surface area contributed by atoms with Crippen molar-refractivity contribution in [3.05, 3.63) is 64.1 Å². The van der Waals surface area contributed by atoms with Gasteiger partial charge in [0, 0.05) is 16.7 Å².